The highest BCUT2D eigenvalue weighted by atomic mass is 16.6. The van der Waals surface area contributed by atoms with Crippen molar-refractivity contribution in [2.24, 2.45) is 17.0 Å². The molecule has 0 aromatic rings. The van der Waals surface area contributed by atoms with Crippen molar-refractivity contribution >= 4 is 5.90 Å². The Labute approximate surface area is 84.8 Å². The number of nitrogens with zero attached hydrogens (tertiary/aromatic N) is 2. The Balaban J connectivity index is 2.06. The van der Waals surface area contributed by atoms with E-state index < -0.39 is 0 Å². The van der Waals surface area contributed by atoms with Crippen LogP contribution in [0.1, 0.15) is 12.8 Å². The van der Waals surface area contributed by atoms with Gasteiger partial charge in [0, 0.05) is 6.54 Å². The first-order chi connectivity index (χ1) is 6.85. The van der Waals surface area contributed by atoms with Crippen molar-refractivity contribution < 1.29 is 9.57 Å². The summed E-state index contributed by atoms with van der Waals surface area (Å²) in [6.45, 7) is 3.57. The lowest BCUT2D eigenvalue weighted by Crippen LogP contribution is -2.50. The van der Waals surface area contributed by atoms with Crippen molar-refractivity contribution in [1.82, 2.24) is 4.90 Å². The van der Waals surface area contributed by atoms with Crippen LogP contribution in [-0.2, 0) is 9.57 Å². The quantitative estimate of drug-likeness (QED) is 0.376. The zero-order chi connectivity index (χ0) is 9.97. The first-order valence-electron chi connectivity index (χ1n) is 5.22. The second-order valence-corrected chi connectivity index (χ2v) is 4.06. The summed E-state index contributed by atoms with van der Waals surface area (Å²) < 4.78 is 5.28. The molecule has 3 heterocycles. The molecule has 80 valence electrons. The largest absolute Gasteiger partial charge is 0.482 e. The van der Waals surface area contributed by atoms with Crippen LogP contribution < -0.4 is 0 Å². The van der Waals surface area contributed by atoms with Crippen molar-refractivity contribution in [3.05, 3.63) is 0 Å². The first-order valence-corrected chi connectivity index (χ1v) is 5.22. The fourth-order valence-electron chi connectivity index (χ4n) is 2.59. The van der Waals surface area contributed by atoms with E-state index in [1.807, 2.05) is 0 Å². The minimum Gasteiger partial charge on any atom is -0.482 e. The van der Waals surface area contributed by atoms with Crippen molar-refractivity contribution in [2.75, 3.05) is 33.9 Å². The normalized spacial score (nSPS) is 37.0. The Bertz CT molecular complexity index is 222. The van der Waals surface area contributed by atoms with E-state index in [0.717, 1.165) is 18.4 Å². The second kappa shape index (κ2) is 4.17. The SMILES string of the molecule is CO/N=C(/OC)C1CN2CCC1CC2. The lowest BCUT2D eigenvalue weighted by molar-refractivity contribution is 0.0669. The molecule has 0 spiro atoms. The molecule has 0 aliphatic carbocycles. The Morgan fingerprint density at radius 1 is 1.29 bits per heavy atom. The van der Waals surface area contributed by atoms with E-state index >= 15 is 0 Å². The fourth-order valence-corrected chi connectivity index (χ4v) is 2.59. The van der Waals surface area contributed by atoms with E-state index in [-0.39, 0.29) is 0 Å². The molecule has 4 nitrogen and oxygen atoms in total. The van der Waals surface area contributed by atoms with Crippen LogP contribution in [0.5, 0.6) is 0 Å². The maximum absolute atomic E-state index is 5.28. The Kier molecular flexibility index (Phi) is 2.91. The van der Waals surface area contributed by atoms with Gasteiger partial charge in [0.05, 0.1) is 13.0 Å². The number of oxime groups is 1. The zero-order valence-corrected chi connectivity index (χ0v) is 8.90. The summed E-state index contributed by atoms with van der Waals surface area (Å²) in [5.74, 6) is 1.96. The summed E-state index contributed by atoms with van der Waals surface area (Å²) in [6.07, 6.45) is 2.55. The van der Waals surface area contributed by atoms with Crippen molar-refractivity contribution in [2.45, 2.75) is 12.8 Å². The fraction of sp³-hybridized carbons (Fsp3) is 0.900. The lowest BCUT2D eigenvalue weighted by atomic mass is 9.79. The Hall–Kier alpha value is -0.770. The van der Waals surface area contributed by atoms with Gasteiger partial charge >= 0.3 is 0 Å². The summed E-state index contributed by atoms with van der Waals surface area (Å²) in [5.41, 5.74) is 0. The van der Waals surface area contributed by atoms with E-state index in [9.17, 15) is 0 Å². The summed E-state index contributed by atoms with van der Waals surface area (Å²) in [7, 11) is 3.25. The highest BCUT2D eigenvalue weighted by Crippen LogP contribution is 2.33. The van der Waals surface area contributed by atoms with Crippen LogP contribution in [0.25, 0.3) is 0 Å². The van der Waals surface area contributed by atoms with Gasteiger partial charge in [0.2, 0.25) is 5.90 Å². The predicted octanol–water partition coefficient (Wildman–Crippen LogP) is 0.934. The van der Waals surface area contributed by atoms with E-state index in [4.69, 9.17) is 9.57 Å². The number of piperidine rings is 3. The van der Waals surface area contributed by atoms with Gasteiger partial charge in [-0.3, -0.25) is 0 Å². The summed E-state index contributed by atoms with van der Waals surface area (Å²) in [5, 5.41) is 3.95. The van der Waals surface area contributed by atoms with Crippen LogP contribution in [0.15, 0.2) is 5.16 Å². The number of fused-ring (bicyclic) bond motifs is 3. The molecule has 3 fully saturated rings. The molecule has 14 heavy (non-hydrogen) atoms. The van der Waals surface area contributed by atoms with Gasteiger partial charge in [-0.1, -0.05) is 5.16 Å². The molecule has 4 heteroatoms. The van der Waals surface area contributed by atoms with E-state index in [0.29, 0.717) is 5.92 Å². The number of hydrogen-bond acceptors (Lipinski definition) is 4. The van der Waals surface area contributed by atoms with Crippen molar-refractivity contribution in [3.63, 3.8) is 0 Å². The predicted molar refractivity (Wildman–Crippen MR) is 54.1 cm³/mol. The van der Waals surface area contributed by atoms with Crippen LogP contribution >= 0.6 is 0 Å². The van der Waals surface area contributed by atoms with Gasteiger partial charge in [0.15, 0.2) is 0 Å². The number of ether oxygens (including phenoxy) is 1. The van der Waals surface area contributed by atoms with Gasteiger partial charge in [0.1, 0.15) is 7.11 Å². The molecule has 1 atom stereocenters. The van der Waals surface area contributed by atoms with Crippen LogP contribution in [0, 0.1) is 11.8 Å². The van der Waals surface area contributed by atoms with E-state index in [1.165, 1.54) is 25.9 Å². The molecule has 3 rings (SSSR count). The van der Waals surface area contributed by atoms with Gasteiger partial charge in [-0.25, -0.2) is 0 Å². The van der Waals surface area contributed by atoms with Crippen LogP contribution in [0.3, 0.4) is 0 Å². The zero-order valence-electron chi connectivity index (χ0n) is 8.90. The number of rotatable bonds is 2. The van der Waals surface area contributed by atoms with Gasteiger partial charge in [-0.2, -0.15) is 0 Å². The minimum atomic E-state index is 0.447. The molecule has 0 aromatic heterocycles. The molecule has 0 aromatic carbocycles. The van der Waals surface area contributed by atoms with Crippen LogP contribution in [0.4, 0.5) is 0 Å². The van der Waals surface area contributed by atoms with Gasteiger partial charge in [0.25, 0.3) is 0 Å². The third-order valence-corrected chi connectivity index (χ3v) is 3.36. The maximum atomic E-state index is 5.28. The summed E-state index contributed by atoms with van der Waals surface area (Å²) >= 11 is 0. The minimum absolute atomic E-state index is 0.447. The average Bonchev–Trinajstić information content (AvgIpc) is 2.27. The summed E-state index contributed by atoms with van der Waals surface area (Å²) in [6, 6.07) is 0. The molecule has 2 bridgehead atoms. The number of hydrogen-bond donors (Lipinski definition) is 0. The first kappa shape index (κ1) is 9.77. The topological polar surface area (TPSA) is 34.1 Å². The Morgan fingerprint density at radius 2 is 2.00 bits per heavy atom. The second-order valence-electron chi connectivity index (χ2n) is 4.06. The molecule has 3 saturated heterocycles. The van der Waals surface area contributed by atoms with E-state index in [2.05, 4.69) is 10.1 Å². The standard InChI is InChI=1S/C10H18N2O2/c1-13-10(11-14-2)9-7-12-5-3-8(9)4-6-12/h8-9H,3-7H2,1-2H3/b11-10+. The summed E-state index contributed by atoms with van der Waals surface area (Å²) in [4.78, 5) is 7.28. The third kappa shape index (κ3) is 1.71. The van der Waals surface area contributed by atoms with Gasteiger partial charge in [-0.05, 0) is 31.8 Å². The lowest BCUT2D eigenvalue weighted by Gasteiger charge is -2.44. The van der Waals surface area contributed by atoms with Crippen molar-refractivity contribution in [1.29, 1.82) is 0 Å². The maximum Gasteiger partial charge on any atom is 0.230 e. The number of methoxy groups -OCH3 is 1. The molecular formula is C10H18N2O2. The third-order valence-electron chi connectivity index (χ3n) is 3.36. The molecular weight excluding hydrogens is 180 g/mol. The smallest absolute Gasteiger partial charge is 0.230 e. The molecule has 0 amide bonds. The monoisotopic (exact) mass is 198 g/mol. The molecule has 0 radical (unpaired) electrons. The molecule has 0 saturated carbocycles. The van der Waals surface area contributed by atoms with Crippen LogP contribution in [0.2, 0.25) is 0 Å². The average molecular weight is 198 g/mol. The van der Waals surface area contributed by atoms with Crippen molar-refractivity contribution in [3.8, 4) is 0 Å². The molecule has 0 N–H and O–H groups in total. The Morgan fingerprint density at radius 3 is 2.43 bits per heavy atom. The highest BCUT2D eigenvalue weighted by molar-refractivity contribution is 5.79. The molecule has 3 aliphatic rings. The van der Waals surface area contributed by atoms with Crippen LogP contribution in [-0.4, -0.2) is 44.7 Å². The van der Waals surface area contributed by atoms with Gasteiger partial charge < -0.3 is 14.5 Å². The van der Waals surface area contributed by atoms with E-state index in [1.54, 1.807) is 14.2 Å². The highest BCUT2D eigenvalue weighted by Gasteiger charge is 2.38. The molecule has 3 aliphatic heterocycles. The van der Waals surface area contributed by atoms with Gasteiger partial charge in [-0.15, -0.1) is 0 Å². The molecule has 1 unspecified atom stereocenters.